The summed E-state index contributed by atoms with van der Waals surface area (Å²) in [6, 6.07) is 0. The van der Waals surface area contributed by atoms with Crippen LogP contribution in [0.1, 0.15) is 53.4 Å². The summed E-state index contributed by atoms with van der Waals surface area (Å²) in [7, 11) is 0. The van der Waals surface area contributed by atoms with Gasteiger partial charge in [0, 0.05) is 18.1 Å². The van der Waals surface area contributed by atoms with Crippen LogP contribution < -0.4 is 0 Å². The smallest absolute Gasteiger partial charge is 0.149 e. The lowest BCUT2D eigenvalue weighted by molar-refractivity contribution is -0.134. The first-order chi connectivity index (χ1) is 10.0. The first-order valence-corrected chi connectivity index (χ1v) is 8.93. The van der Waals surface area contributed by atoms with Gasteiger partial charge in [0.2, 0.25) is 0 Å². The van der Waals surface area contributed by atoms with Gasteiger partial charge in [0.05, 0.1) is 5.71 Å². The molecule has 0 aromatic carbocycles. The second-order valence-corrected chi connectivity index (χ2v) is 7.21. The van der Waals surface area contributed by atoms with Crippen LogP contribution in [0.25, 0.3) is 0 Å². The van der Waals surface area contributed by atoms with Gasteiger partial charge in [0.15, 0.2) is 0 Å². The predicted molar refractivity (Wildman–Crippen MR) is 87.8 cm³/mol. The Balaban J connectivity index is 2.69. The molecule has 1 aliphatic rings. The van der Waals surface area contributed by atoms with Crippen LogP contribution in [0.2, 0.25) is 0 Å². The van der Waals surface area contributed by atoms with Crippen LogP contribution in [0.5, 0.6) is 0 Å². The lowest BCUT2D eigenvalue weighted by atomic mass is 9.76. The molecule has 0 heterocycles. The molecule has 0 saturated heterocycles. The highest BCUT2D eigenvalue weighted by molar-refractivity contribution is 7.99. The molecule has 0 aliphatic heterocycles. The molecule has 0 aromatic rings. The fourth-order valence-electron chi connectivity index (χ4n) is 2.89. The van der Waals surface area contributed by atoms with E-state index in [1.807, 2.05) is 25.6 Å². The summed E-state index contributed by atoms with van der Waals surface area (Å²) >= 11 is 1.88. The number of Topliss-reactive ketones (excluding diaryl/α,β-unsaturated/α-hetero) is 2. The van der Waals surface area contributed by atoms with Gasteiger partial charge in [-0.25, -0.2) is 0 Å². The van der Waals surface area contributed by atoms with Crippen LogP contribution >= 0.6 is 11.8 Å². The van der Waals surface area contributed by atoms with Crippen LogP contribution in [-0.4, -0.2) is 34.9 Å². The van der Waals surface area contributed by atoms with Gasteiger partial charge in [0.1, 0.15) is 24.1 Å². The third-order valence-electron chi connectivity index (χ3n) is 3.75. The van der Waals surface area contributed by atoms with E-state index in [9.17, 15) is 9.59 Å². The van der Waals surface area contributed by atoms with E-state index in [0.29, 0.717) is 36.8 Å². The molecular weight excluding hydrogens is 286 g/mol. The molecule has 1 rings (SSSR count). The standard InChI is InChI=1S/C16H27NO3S/c1-5-13(17-20-6-2)16-14(18)9-12(10-15(16)19)8-11(4)21-7-3/h11-12,16H,5-10H2,1-4H3/b17-13-/t11-,12?,16?/m1/s1. The largest absolute Gasteiger partial charge is 0.396 e. The maximum Gasteiger partial charge on any atom is 0.149 e. The number of hydrogen-bond donors (Lipinski definition) is 0. The van der Waals surface area contributed by atoms with E-state index >= 15 is 0 Å². The highest BCUT2D eigenvalue weighted by Crippen LogP contribution is 2.31. The number of carbonyl (C=O) groups excluding carboxylic acids is 2. The first kappa shape index (κ1) is 18.2. The number of nitrogens with zero attached hydrogens (tertiary/aromatic N) is 1. The Hall–Kier alpha value is -0.840. The van der Waals surface area contributed by atoms with Gasteiger partial charge in [-0.05, 0) is 31.4 Å². The summed E-state index contributed by atoms with van der Waals surface area (Å²) in [6.45, 7) is 8.50. The van der Waals surface area contributed by atoms with Crippen molar-refractivity contribution in [3.8, 4) is 0 Å². The Bertz CT molecular complexity index is 377. The van der Waals surface area contributed by atoms with Crippen molar-refractivity contribution < 1.29 is 14.4 Å². The summed E-state index contributed by atoms with van der Waals surface area (Å²) in [5, 5.41) is 4.47. The normalized spacial score (nSPS) is 25.0. The molecule has 0 bridgehead atoms. The zero-order chi connectivity index (χ0) is 15.8. The van der Waals surface area contributed by atoms with Gasteiger partial charge in [-0.15, -0.1) is 0 Å². The SMILES string of the molecule is CCO/N=C(/CC)C1C(=O)CC(C[C@@H](C)SCC)CC1=O. The minimum atomic E-state index is -0.660. The highest BCUT2D eigenvalue weighted by Gasteiger charge is 2.38. The van der Waals surface area contributed by atoms with Gasteiger partial charge >= 0.3 is 0 Å². The molecule has 1 atom stereocenters. The van der Waals surface area contributed by atoms with E-state index < -0.39 is 5.92 Å². The number of ketones is 2. The molecular formula is C16H27NO3S. The van der Waals surface area contributed by atoms with E-state index in [-0.39, 0.29) is 17.5 Å². The fourth-order valence-corrected chi connectivity index (χ4v) is 3.86. The molecule has 0 unspecified atom stereocenters. The predicted octanol–water partition coefficient (Wildman–Crippen LogP) is 3.49. The number of hydrogen-bond acceptors (Lipinski definition) is 5. The molecule has 4 nitrogen and oxygen atoms in total. The molecule has 0 radical (unpaired) electrons. The van der Waals surface area contributed by atoms with Crippen molar-refractivity contribution in [2.24, 2.45) is 17.0 Å². The molecule has 0 amide bonds. The Kier molecular flexibility index (Phi) is 8.01. The number of thioether (sulfide) groups is 1. The van der Waals surface area contributed by atoms with E-state index in [4.69, 9.17) is 4.84 Å². The van der Waals surface area contributed by atoms with Crippen LogP contribution in [0.4, 0.5) is 0 Å². The maximum atomic E-state index is 12.4. The van der Waals surface area contributed by atoms with Crippen LogP contribution in [0, 0.1) is 11.8 Å². The van der Waals surface area contributed by atoms with Crippen molar-refractivity contribution in [1.82, 2.24) is 0 Å². The lowest BCUT2D eigenvalue weighted by Gasteiger charge is -2.28. The Labute approximate surface area is 132 Å². The van der Waals surface area contributed by atoms with Gasteiger partial charge in [-0.1, -0.05) is 25.9 Å². The number of rotatable bonds is 8. The summed E-state index contributed by atoms with van der Waals surface area (Å²) in [5.41, 5.74) is 0.585. The second-order valence-electron chi connectivity index (χ2n) is 5.50. The summed E-state index contributed by atoms with van der Waals surface area (Å²) in [6.07, 6.45) is 2.51. The molecule has 120 valence electrons. The van der Waals surface area contributed by atoms with E-state index in [0.717, 1.165) is 12.2 Å². The fraction of sp³-hybridized carbons (Fsp3) is 0.812. The molecule has 5 heteroatoms. The van der Waals surface area contributed by atoms with Crippen molar-refractivity contribution in [3.05, 3.63) is 0 Å². The molecule has 0 N–H and O–H groups in total. The lowest BCUT2D eigenvalue weighted by Crippen LogP contribution is -2.39. The zero-order valence-corrected chi connectivity index (χ0v) is 14.4. The van der Waals surface area contributed by atoms with Gasteiger partial charge in [0.25, 0.3) is 0 Å². The van der Waals surface area contributed by atoms with Crippen molar-refractivity contribution in [2.75, 3.05) is 12.4 Å². The molecule has 21 heavy (non-hydrogen) atoms. The Morgan fingerprint density at radius 3 is 2.38 bits per heavy atom. The van der Waals surface area contributed by atoms with Crippen LogP contribution in [0.3, 0.4) is 0 Å². The van der Waals surface area contributed by atoms with Crippen molar-refractivity contribution >= 4 is 29.0 Å². The molecule has 0 aromatic heterocycles. The zero-order valence-electron chi connectivity index (χ0n) is 13.6. The Morgan fingerprint density at radius 2 is 1.90 bits per heavy atom. The number of oxime groups is 1. The quantitative estimate of drug-likeness (QED) is 0.391. The van der Waals surface area contributed by atoms with Gasteiger partial charge in [-0.2, -0.15) is 11.8 Å². The molecule has 1 aliphatic carbocycles. The average molecular weight is 313 g/mol. The molecule has 1 fully saturated rings. The van der Waals surface area contributed by atoms with Crippen LogP contribution in [0.15, 0.2) is 5.16 Å². The summed E-state index contributed by atoms with van der Waals surface area (Å²) in [4.78, 5) is 29.7. The second kappa shape index (κ2) is 9.23. The Morgan fingerprint density at radius 1 is 1.29 bits per heavy atom. The summed E-state index contributed by atoms with van der Waals surface area (Å²) < 4.78 is 0. The minimum Gasteiger partial charge on any atom is -0.396 e. The maximum absolute atomic E-state index is 12.4. The third kappa shape index (κ3) is 5.46. The van der Waals surface area contributed by atoms with Crippen molar-refractivity contribution in [2.45, 2.75) is 58.6 Å². The van der Waals surface area contributed by atoms with Crippen LogP contribution in [-0.2, 0) is 14.4 Å². The van der Waals surface area contributed by atoms with E-state index in [1.165, 1.54) is 0 Å². The number of carbonyl (C=O) groups is 2. The van der Waals surface area contributed by atoms with Gasteiger partial charge in [-0.3, -0.25) is 9.59 Å². The monoisotopic (exact) mass is 313 g/mol. The third-order valence-corrected chi connectivity index (χ3v) is 4.84. The van der Waals surface area contributed by atoms with Crippen molar-refractivity contribution in [1.29, 1.82) is 0 Å². The first-order valence-electron chi connectivity index (χ1n) is 7.89. The topological polar surface area (TPSA) is 55.7 Å². The minimum absolute atomic E-state index is 0.0188. The molecule has 1 saturated carbocycles. The van der Waals surface area contributed by atoms with E-state index in [1.54, 1.807) is 0 Å². The molecule has 0 spiro atoms. The van der Waals surface area contributed by atoms with Crippen molar-refractivity contribution in [3.63, 3.8) is 0 Å². The average Bonchev–Trinajstić information content (AvgIpc) is 2.41. The highest BCUT2D eigenvalue weighted by atomic mass is 32.2. The summed E-state index contributed by atoms with van der Waals surface area (Å²) in [5.74, 6) is 0.641. The van der Waals surface area contributed by atoms with Gasteiger partial charge < -0.3 is 4.84 Å². The van der Waals surface area contributed by atoms with E-state index in [2.05, 4.69) is 19.0 Å².